The first-order chi connectivity index (χ1) is 10.0. The zero-order valence-corrected chi connectivity index (χ0v) is 15.1. The number of nitrogens with zero attached hydrogens (tertiary/aromatic N) is 2. The molecule has 0 unspecified atom stereocenters. The second kappa shape index (κ2) is 7.09. The van der Waals surface area contributed by atoms with Gasteiger partial charge in [-0.1, -0.05) is 35.0 Å². The average molecular weight is 411 g/mol. The fraction of sp³-hybridized carbons (Fsp3) is 0.188. The lowest BCUT2D eigenvalue weighted by molar-refractivity contribution is 1.14. The molecule has 2 N–H and O–H groups in total. The quantitative estimate of drug-likeness (QED) is 0.580. The van der Waals surface area contributed by atoms with E-state index in [9.17, 15) is 0 Å². The Bertz CT molecular complexity index is 668. The molecular weight excluding hydrogens is 394 g/mol. The summed E-state index contributed by atoms with van der Waals surface area (Å²) in [5.74, 6) is 0.446. The van der Waals surface area contributed by atoms with Crippen molar-refractivity contribution >= 4 is 49.2 Å². The van der Waals surface area contributed by atoms with Gasteiger partial charge in [-0.2, -0.15) is 0 Å². The highest BCUT2D eigenvalue weighted by Gasteiger charge is 2.10. The third kappa shape index (κ3) is 4.08. The highest BCUT2D eigenvalue weighted by atomic mass is 79.9. The van der Waals surface area contributed by atoms with E-state index in [2.05, 4.69) is 55.9 Å². The molecule has 0 saturated carbocycles. The SMILES string of the molecule is CCc1cccc(N=C(N)N(C)c2cc(Br)ccc2Br)c1. The highest BCUT2D eigenvalue weighted by Crippen LogP contribution is 2.29. The Labute approximate surface area is 142 Å². The Morgan fingerprint density at radius 3 is 2.67 bits per heavy atom. The molecule has 2 aromatic rings. The van der Waals surface area contributed by atoms with Gasteiger partial charge in [0.2, 0.25) is 5.96 Å². The number of hydrogen-bond acceptors (Lipinski definition) is 1. The third-order valence-corrected chi connectivity index (χ3v) is 4.34. The summed E-state index contributed by atoms with van der Waals surface area (Å²) >= 11 is 7.01. The predicted octanol–water partition coefficient (Wildman–Crippen LogP) is 4.86. The predicted molar refractivity (Wildman–Crippen MR) is 97.3 cm³/mol. The highest BCUT2D eigenvalue weighted by molar-refractivity contribution is 9.11. The third-order valence-electron chi connectivity index (χ3n) is 3.18. The van der Waals surface area contributed by atoms with E-state index in [0.717, 1.165) is 26.7 Å². The van der Waals surface area contributed by atoms with Gasteiger partial charge in [0.15, 0.2) is 0 Å². The van der Waals surface area contributed by atoms with Crippen LogP contribution in [0.1, 0.15) is 12.5 Å². The standard InChI is InChI=1S/C16H17Br2N3/c1-3-11-5-4-6-13(9-11)20-16(19)21(2)15-10-12(17)7-8-14(15)18/h4-10H,3H2,1-2H3,(H2,19,20). The lowest BCUT2D eigenvalue weighted by Crippen LogP contribution is -2.33. The van der Waals surface area contributed by atoms with Gasteiger partial charge in [0.05, 0.1) is 11.4 Å². The van der Waals surface area contributed by atoms with Crippen molar-refractivity contribution in [2.45, 2.75) is 13.3 Å². The molecular formula is C16H17Br2N3. The molecule has 0 heterocycles. The lowest BCUT2D eigenvalue weighted by atomic mass is 10.1. The number of halogens is 2. The monoisotopic (exact) mass is 409 g/mol. The van der Waals surface area contributed by atoms with Gasteiger partial charge in [0.25, 0.3) is 0 Å². The van der Waals surface area contributed by atoms with E-state index < -0.39 is 0 Å². The van der Waals surface area contributed by atoms with Crippen molar-refractivity contribution in [1.82, 2.24) is 0 Å². The minimum absolute atomic E-state index is 0.446. The van der Waals surface area contributed by atoms with Crippen LogP contribution >= 0.6 is 31.9 Å². The summed E-state index contributed by atoms with van der Waals surface area (Å²) < 4.78 is 1.96. The van der Waals surface area contributed by atoms with E-state index in [1.54, 1.807) is 0 Å². The minimum atomic E-state index is 0.446. The van der Waals surface area contributed by atoms with Crippen molar-refractivity contribution in [1.29, 1.82) is 0 Å². The van der Waals surface area contributed by atoms with Crippen LogP contribution in [0.15, 0.2) is 56.4 Å². The normalized spacial score (nSPS) is 11.5. The minimum Gasteiger partial charge on any atom is -0.369 e. The molecule has 0 aliphatic heterocycles. The fourth-order valence-corrected chi connectivity index (χ4v) is 2.78. The molecule has 5 heteroatoms. The number of hydrogen-bond donors (Lipinski definition) is 1. The van der Waals surface area contributed by atoms with Crippen molar-refractivity contribution in [3.8, 4) is 0 Å². The number of aryl methyl sites for hydroxylation is 1. The van der Waals surface area contributed by atoms with Crippen LogP contribution in [0.5, 0.6) is 0 Å². The Morgan fingerprint density at radius 2 is 1.95 bits per heavy atom. The van der Waals surface area contributed by atoms with Crippen molar-refractivity contribution in [2.24, 2.45) is 10.7 Å². The summed E-state index contributed by atoms with van der Waals surface area (Å²) in [6.07, 6.45) is 0.982. The number of benzene rings is 2. The van der Waals surface area contributed by atoms with Gasteiger partial charge < -0.3 is 10.6 Å². The number of nitrogens with two attached hydrogens (primary N) is 1. The maximum Gasteiger partial charge on any atom is 0.200 e. The summed E-state index contributed by atoms with van der Waals surface area (Å²) in [4.78, 5) is 6.35. The first-order valence-corrected chi connectivity index (χ1v) is 8.21. The van der Waals surface area contributed by atoms with Crippen molar-refractivity contribution in [3.63, 3.8) is 0 Å². The molecule has 0 radical (unpaired) electrons. The molecule has 0 atom stereocenters. The molecule has 2 rings (SSSR count). The van der Waals surface area contributed by atoms with Gasteiger partial charge in [-0.15, -0.1) is 0 Å². The van der Waals surface area contributed by atoms with Crippen LogP contribution in [0, 0.1) is 0 Å². The molecule has 0 bridgehead atoms. The summed E-state index contributed by atoms with van der Waals surface area (Å²) in [6, 6.07) is 14.0. The first kappa shape index (κ1) is 16.0. The smallest absolute Gasteiger partial charge is 0.200 e. The van der Waals surface area contributed by atoms with Crippen molar-refractivity contribution in [2.75, 3.05) is 11.9 Å². The average Bonchev–Trinajstić information content (AvgIpc) is 2.49. The van der Waals surface area contributed by atoms with Crippen molar-refractivity contribution in [3.05, 3.63) is 57.0 Å². The van der Waals surface area contributed by atoms with Crippen LogP contribution in [0.4, 0.5) is 11.4 Å². The molecule has 0 spiro atoms. The van der Waals surface area contributed by atoms with Gasteiger partial charge in [0.1, 0.15) is 0 Å². The van der Waals surface area contributed by atoms with E-state index in [1.165, 1.54) is 5.56 Å². The number of aliphatic imine (C=N–C) groups is 1. The molecule has 0 fully saturated rings. The number of guanidine groups is 1. The number of anilines is 1. The largest absolute Gasteiger partial charge is 0.369 e. The molecule has 110 valence electrons. The Kier molecular flexibility index (Phi) is 5.42. The summed E-state index contributed by atoms with van der Waals surface area (Å²) in [5, 5.41) is 0. The summed E-state index contributed by atoms with van der Waals surface area (Å²) in [7, 11) is 1.90. The maximum atomic E-state index is 6.13. The topological polar surface area (TPSA) is 41.6 Å². The van der Waals surface area contributed by atoms with E-state index in [0.29, 0.717) is 5.96 Å². The zero-order valence-electron chi connectivity index (χ0n) is 12.0. The van der Waals surface area contributed by atoms with Crippen molar-refractivity contribution < 1.29 is 0 Å². The second-order valence-corrected chi connectivity index (χ2v) is 6.42. The molecule has 0 aromatic heterocycles. The molecule has 0 saturated heterocycles. The molecule has 0 aliphatic rings. The fourth-order valence-electron chi connectivity index (χ4n) is 1.92. The van der Waals surface area contributed by atoms with Gasteiger partial charge in [-0.3, -0.25) is 0 Å². The lowest BCUT2D eigenvalue weighted by Gasteiger charge is -2.20. The van der Waals surface area contributed by atoms with Gasteiger partial charge >= 0.3 is 0 Å². The number of rotatable bonds is 3. The van der Waals surface area contributed by atoms with Crippen LogP contribution in [0.3, 0.4) is 0 Å². The summed E-state index contributed by atoms with van der Waals surface area (Å²) in [6.45, 7) is 2.12. The van der Waals surface area contributed by atoms with Gasteiger partial charge in [-0.05, 0) is 58.2 Å². The van der Waals surface area contributed by atoms with Crippen LogP contribution in [-0.2, 0) is 6.42 Å². The zero-order chi connectivity index (χ0) is 15.4. The van der Waals surface area contributed by atoms with Gasteiger partial charge in [0, 0.05) is 16.0 Å². The van der Waals surface area contributed by atoms with Gasteiger partial charge in [-0.25, -0.2) is 4.99 Å². The van der Waals surface area contributed by atoms with E-state index >= 15 is 0 Å². The Hall–Kier alpha value is -1.33. The van der Waals surface area contributed by atoms with E-state index in [4.69, 9.17) is 5.73 Å². The maximum absolute atomic E-state index is 6.13. The Morgan fingerprint density at radius 1 is 1.19 bits per heavy atom. The Balaban J connectivity index is 2.31. The molecule has 2 aromatic carbocycles. The first-order valence-electron chi connectivity index (χ1n) is 6.63. The van der Waals surface area contributed by atoms with Crippen LogP contribution in [-0.4, -0.2) is 13.0 Å². The molecule has 0 aliphatic carbocycles. The van der Waals surface area contributed by atoms with Crippen LogP contribution in [0.2, 0.25) is 0 Å². The van der Waals surface area contributed by atoms with E-state index in [1.807, 2.05) is 42.3 Å². The summed E-state index contributed by atoms with van der Waals surface area (Å²) in [5.41, 5.74) is 9.20. The van der Waals surface area contributed by atoms with Crippen LogP contribution in [0.25, 0.3) is 0 Å². The van der Waals surface area contributed by atoms with Crippen LogP contribution < -0.4 is 10.6 Å². The molecule has 0 amide bonds. The molecule has 21 heavy (non-hydrogen) atoms. The second-order valence-electron chi connectivity index (χ2n) is 4.65. The van der Waals surface area contributed by atoms with E-state index in [-0.39, 0.29) is 0 Å². The molecule has 3 nitrogen and oxygen atoms in total.